The normalized spacial score (nSPS) is 14.1. The summed E-state index contributed by atoms with van der Waals surface area (Å²) >= 11 is 0. The van der Waals surface area contributed by atoms with E-state index in [1.54, 1.807) is 24.3 Å². The zero-order chi connectivity index (χ0) is 17.9. The average Bonchev–Trinajstić information content (AvgIpc) is 2.94. The van der Waals surface area contributed by atoms with Crippen molar-refractivity contribution < 1.29 is 9.59 Å². The Labute approximate surface area is 151 Å². The topological polar surface area (TPSA) is 49.4 Å². The Morgan fingerprint density at radius 2 is 1.15 bits per heavy atom. The van der Waals surface area contributed by atoms with Gasteiger partial charge in [-0.05, 0) is 29.8 Å². The van der Waals surface area contributed by atoms with Crippen LogP contribution in [0.1, 0.15) is 5.56 Å². The van der Waals surface area contributed by atoms with Crippen molar-refractivity contribution in [2.75, 3.05) is 10.2 Å². The van der Waals surface area contributed by atoms with Crippen LogP contribution in [0.3, 0.4) is 0 Å². The van der Waals surface area contributed by atoms with Crippen LogP contribution in [-0.4, -0.2) is 11.8 Å². The van der Waals surface area contributed by atoms with Crippen LogP contribution >= 0.6 is 0 Å². The number of benzene rings is 3. The van der Waals surface area contributed by atoms with E-state index >= 15 is 0 Å². The third-order valence-electron chi connectivity index (χ3n) is 4.20. The van der Waals surface area contributed by atoms with Crippen LogP contribution in [-0.2, 0) is 9.59 Å². The zero-order valence-corrected chi connectivity index (χ0v) is 13.9. The van der Waals surface area contributed by atoms with Gasteiger partial charge in [0.1, 0.15) is 5.70 Å². The van der Waals surface area contributed by atoms with Crippen LogP contribution in [0.15, 0.2) is 96.7 Å². The van der Waals surface area contributed by atoms with Crippen LogP contribution in [0.5, 0.6) is 0 Å². The van der Waals surface area contributed by atoms with Crippen molar-refractivity contribution >= 4 is 28.8 Å². The maximum absolute atomic E-state index is 13.1. The number of nitrogens with zero attached hydrogens (tertiary/aromatic N) is 1. The van der Waals surface area contributed by atoms with Gasteiger partial charge in [-0.15, -0.1) is 0 Å². The Bertz CT molecular complexity index is 980. The first-order chi connectivity index (χ1) is 12.8. The molecule has 1 aliphatic heterocycles. The standard InChI is InChI=1S/C22H16N2O2/c25-21-19(16-10-4-1-5-11-16)20(23-17-12-6-2-7-13-17)22(26)24(21)18-14-8-3-9-15-18/h1-15,23H. The third kappa shape index (κ3) is 2.78. The molecule has 0 saturated heterocycles. The number of para-hydroxylation sites is 2. The maximum Gasteiger partial charge on any atom is 0.282 e. The monoisotopic (exact) mass is 340 g/mol. The van der Waals surface area contributed by atoms with Crippen molar-refractivity contribution in [2.24, 2.45) is 0 Å². The molecule has 0 spiro atoms. The van der Waals surface area contributed by atoms with Gasteiger partial charge in [-0.25, -0.2) is 4.90 Å². The van der Waals surface area contributed by atoms with Gasteiger partial charge >= 0.3 is 0 Å². The molecule has 0 radical (unpaired) electrons. The largest absolute Gasteiger partial charge is 0.350 e. The van der Waals surface area contributed by atoms with E-state index in [2.05, 4.69) is 5.32 Å². The summed E-state index contributed by atoms with van der Waals surface area (Å²) in [6, 6.07) is 27.6. The molecule has 0 atom stereocenters. The van der Waals surface area contributed by atoms with Gasteiger partial charge in [0.2, 0.25) is 0 Å². The Morgan fingerprint density at radius 3 is 1.77 bits per heavy atom. The van der Waals surface area contributed by atoms with E-state index in [1.165, 1.54) is 4.90 Å². The zero-order valence-electron chi connectivity index (χ0n) is 13.9. The molecule has 0 fully saturated rings. The lowest BCUT2D eigenvalue weighted by molar-refractivity contribution is -0.120. The molecule has 0 aliphatic carbocycles. The highest BCUT2D eigenvalue weighted by atomic mass is 16.2. The Hall–Kier alpha value is -3.66. The fraction of sp³-hybridized carbons (Fsp3) is 0. The van der Waals surface area contributed by atoms with E-state index in [9.17, 15) is 9.59 Å². The highest BCUT2D eigenvalue weighted by Crippen LogP contribution is 2.33. The van der Waals surface area contributed by atoms with Gasteiger partial charge < -0.3 is 5.32 Å². The SMILES string of the molecule is O=C1C(Nc2ccccc2)=C(c2ccccc2)C(=O)N1c1ccccc1. The van der Waals surface area contributed by atoms with Crippen molar-refractivity contribution in [3.05, 3.63) is 102 Å². The van der Waals surface area contributed by atoms with E-state index in [0.717, 1.165) is 5.69 Å². The molecule has 3 aromatic carbocycles. The summed E-state index contributed by atoms with van der Waals surface area (Å²) in [5.41, 5.74) is 2.69. The second kappa shape index (κ2) is 6.69. The fourth-order valence-electron chi connectivity index (χ4n) is 3.00. The minimum atomic E-state index is -0.357. The lowest BCUT2D eigenvalue weighted by atomic mass is 10.0. The third-order valence-corrected chi connectivity index (χ3v) is 4.20. The number of hydrogen-bond donors (Lipinski definition) is 1. The van der Waals surface area contributed by atoms with Gasteiger partial charge in [-0.3, -0.25) is 9.59 Å². The first kappa shape index (κ1) is 15.8. The molecular weight excluding hydrogens is 324 g/mol. The van der Waals surface area contributed by atoms with Crippen LogP contribution in [0.4, 0.5) is 11.4 Å². The number of anilines is 2. The van der Waals surface area contributed by atoms with Crippen LogP contribution < -0.4 is 10.2 Å². The number of carbonyl (C=O) groups is 2. The Balaban J connectivity index is 1.82. The number of rotatable bonds is 4. The number of nitrogens with one attached hydrogen (secondary N) is 1. The quantitative estimate of drug-likeness (QED) is 0.728. The van der Waals surface area contributed by atoms with Crippen molar-refractivity contribution in [3.63, 3.8) is 0 Å². The number of carbonyl (C=O) groups excluding carboxylic acids is 2. The van der Waals surface area contributed by atoms with E-state index in [0.29, 0.717) is 16.8 Å². The van der Waals surface area contributed by atoms with Gasteiger partial charge in [0.05, 0.1) is 11.3 Å². The molecule has 26 heavy (non-hydrogen) atoms. The number of amides is 2. The highest BCUT2D eigenvalue weighted by Gasteiger charge is 2.40. The predicted octanol–water partition coefficient (Wildman–Crippen LogP) is 4.08. The van der Waals surface area contributed by atoms with Crippen molar-refractivity contribution in [1.29, 1.82) is 0 Å². The minimum absolute atomic E-state index is 0.288. The molecule has 3 aromatic rings. The first-order valence-electron chi connectivity index (χ1n) is 8.31. The Kier molecular flexibility index (Phi) is 4.07. The summed E-state index contributed by atoms with van der Waals surface area (Å²) in [4.78, 5) is 27.4. The summed E-state index contributed by atoms with van der Waals surface area (Å²) in [6.07, 6.45) is 0. The van der Waals surface area contributed by atoms with E-state index < -0.39 is 0 Å². The summed E-state index contributed by atoms with van der Waals surface area (Å²) in [5, 5.41) is 3.14. The second-order valence-electron chi connectivity index (χ2n) is 5.89. The first-order valence-corrected chi connectivity index (χ1v) is 8.31. The van der Waals surface area contributed by atoms with Gasteiger partial charge in [-0.2, -0.15) is 0 Å². The molecule has 0 bridgehead atoms. The molecule has 1 N–H and O–H groups in total. The number of hydrogen-bond acceptors (Lipinski definition) is 3. The van der Waals surface area contributed by atoms with Crippen LogP contribution in [0.25, 0.3) is 5.57 Å². The molecule has 0 unspecified atom stereocenters. The molecule has 2 amide bonds. The highest BCUT2D eigenvalue weighted by molar-refractivity contribution is 6.46. The molecular formula is C22H16N2O2. The predicted molar refractivity (Wildman–Crippen MR) is 102 cm³/mol. The lowest BCUT2D eigenvalue weighted by Crippen LogP contribution is -2.32. The molecule has 0 saturated carbocycles. The van der Waals surface area contributed by atoms with Gasteiger partial charge in [0.25, 0.3) is 11.8 Å². The van der Waals surface area contributed by atoms with Crippen molar-refractivity contribution in [3.8, 4) is 0 Å². The fourth-order valence-corrected chi connectivity index (χ4v) is 3.00. The summed E-state index contributed by atoms with van der Waals surface area (Å²) in [6.45, 7) is 0. The van der Waals surface area contributed by atoms with Crippen molar-refractivity contribution in [1.82, 2.24) is 0 Å². The average molecular weight is 340 g/mol. The molecule has 1 heterocycles. The van der Waals surface area contributed by atoms with Gasteiger partial charge in [-0.1, -0.05) is 66.7 Å². The Morgan fingerprint density at radius 1 is 0.615 bits per heavy atom. The van der Waals surface area contributed by atoms with E-state index in [4.69, 9.17) is 0 Å². The summed E-state index contributed by atoms with van der Waals surface area (Å²) < 4.78 is 0. The van der Waals surface area contributed by atoms with Crippen LogP contribution in [0, 0.1) is 0 Å². The number of imide groups is 1. The van der Waals surface area contributed by atoms with E-state index in [1.807, 2.05) is 66.7 Å². The molecule has 4 nitrogen and oxygen atoms in total. The molecule has 126 valence electrons. The molecule has 4 rings (SSSR count). The molecule has 1 aliphatic rings. The summed E-state index contributed by atoms with van der Waals surface area (Å²) in [7, 11) is 0. The summed E-state index contributed by atoms with van der Waals surface area (Å²) in [5.74, 6) is -0.685. The second-order valence-corrected chi connectivity index (χ2v) is 5.89. The van der Waals surface area contributed by atoms with Crippen LogP contribution in [0.2, 0.25) is 0 Å². The molecule has 0 aromatic heterocycles. The minimum Gasteiger partial charge on any atom is -0.350 e. The van der Waals surface area contributed by atoms with Gasteiger partial charge in [0.15, 0.2) is 0 Å². The molecule has 4 heteroatoms. The van der Waals surface area contributed by atoms with E-state index in [-0.39, 0.29) is 17.5 Å². The smallest absolute Gasteiger partial charge is 0.282 e. The maximum atomic E-state index is 13.1. The lowest BCUT2D eigenvalue weighted by Gasteiger charge is -2.15. The van der Waals surface area contributed by atoms with Crippen molar-refractivity contribution in [2.45, 2.75) is 0 Å². The van der Waals surface area contributed by atoms with Gasteiger partial charge in [0, 0.05) is 5.69 Å².